The third kappa shape index (κ3) is 3.91. The van der Waals surface area contributed by atoms with Crippen molar-refractivity contribution < 1.29 is 17.3 Å². The molecule has 1 aromatic heterocycles. The zero-order valence-electron chi connectivity index (χ0n) is 6.68. The highest BCUT2D eigenvalue weighted by atomic mass is 19.4. The molecule has 1 rings (SSSR count). The van der Waals surface area contributed by atoms with Crippen LogP contribution in [0.15, 0.2) is 18.3 Å². The van der Waals surface area contributed by atoms with Crippen molar-refractivity contribution in [3.05, 3.63) is 29.8 Å². The number of hydrogen-bond acceptors (Lipinski definition) is 1. The summed E-state index contributed by atoms with van der Waals surface area (Å²) >= 11 is 0. The normalized spacial score (nSPS) is 11.7. The van der Waals surface area contributed by atoms with E-state index in [1.54, 1.807) is 0 Å². The first kappa shape index (κ1) is 10.0. The van der Waals surface area contributed by atoms with Gasteiger partial charge in [-0.05, 0) is 18.6 Å². The van der Waals surface area contributed by atoms with Crippen LogP contribution in [0.5, 0.6) is 0 Å². The minimum atomic E-state index is -4.80. The lowest BCUT2D eigenvalue weighted by atomic mass is 9.83. The molecule has 0 bridgehead atoms. The van der Waals surface area contributed by atoms with Crippen molar-refractivity contribution in [2.45, 2.75) is 12.7 Å². The molecular formula is C7H7BF4N-. The van der Waals surface area contributed by atoms with Crippen LogP contribution in [0.4, 0.5) is 17.3 Å². The third-order valence-electron chi connectivity index (χ3n) is 1.51. The van der Waals surface area contributed by atoms with E-state index in [0.29, 0.717) is 0 Å². The fourth-order valence-electron chi connectivity index (χ4n) is 0.897. The van der Waals surface area contributed by atoms with E-state index >= 15 is 0 Å². The van der Waals surface area contributed by atoms with Crippen LogP contribution in [0.2, 0.25) is 6.32 Å². The van der Waals surface area contributed by atoms with Crippen molar-refractivity contribution in [1.82, 2.24) is 4.98 Å². The molecule has 0 aliphatic rings. The number of aromatic nitrogens is 1. The Morgan fingerprint density at radius 2 is 2.00 bits per heavy atom. The molecule has 0 amide bonds. The van der Waals surface area contributed by atoms with Crippen molar-refractivity contribution in [2.75, 3.05) is 0 Å². The summed E-state index contributed by atoms with van der Waals surface area (Å²) in [6.07, 6.45) is 0.00571. The summed E-state index contributed by atoms with van der Waals surface area (Å²) in [4.78, 5) is 3.61. The van der Waals surface area contributed by atoms with Crippen LogP contribution in [-0.2, 0) is 6.42 Å². The smallest absolute Gasteiger partial charge is 0.449 e. The van der Waals surface area contributed by atoms with Gasteiger partial charge in [0.05, 0.1) is 0 Å². The maximum absolute atomic E-state index is 12.5. The Kier molecular flexibility index (Phi) is 2.90. The van der Waals surface area contributed by atoms with Gasteiger partial charge in [-0.3, -0.25) is 4.98 Å². The summed E-state index contributed by atoms with van der Waals surface area (Å²) in [5.41, 5.74) is 0.138. The van der Waals surface area contributed by atoms with E-state index in [0.717, 1.165) is 18.3 Å². The first-order valence-corrected chi connectivity index (χ1v) is 3.79. The van der Waals surface area contributed by atoms with E-state index in [1.807, 2.05) is 0 Å². The van der Waals surface area contributed by atoms with Gasteiger partial charge in [0.15, 0.2) is 0 Å². The maximum atomic E-state index is 12.5. The van der Waals surface area contributed by atoms with Crippen LogP contribution in [0.25, 0.3) is 0 Å². The monoisotopic (exact) mass is 192 g/mol. The highest BCUT2D eigenvalue weighted by Gasteiger charge is 2.22. The van der Waals surface area contributed by atoms with E-state index in [2.05, 4.69) is 4.98 Å². The molecule has 0 spiro atoms. The maximum Gasteiger partial charge on any atom is 0.478 e. The Hall–Kier alpha value is -1.07. The molecule has 1 heterocycles. The Balaban J connectivity index is 2.55. The molecule has 1 aromatic rings. The molecule has 1 nitrogen and oxygen atoms in total. The highest BCUT2D eigenvalue weighted by Crippen LogP contribution is 2.17. The zero-order valence-corrected chi connectivity index (χ0v) is 6.68. The van der Waals surface area contributed by atoms with Gasteiger partial charge in [0.25, 0.3) is 0 Å². The minimum absolute atomic E-state index is 0.138. The van der Waals surface area contributed by atoms with E-state index in [-0.39, 0.29) is 12.1 Å². The summed E-state index contributed by atoms with van der Waals surface area (Å²) in [5.74, 6) is -0.556. The molecule has 0 radical (unpaired) electrons. The SMILES string of the molecule is Fc1ccnc(CC[B-](F)(F)F)c1. The lowest BCUT2D eigenvalue weighted by Gasteiger charge is -2.12. The van der Waals surface area contributed by atoms with Crippen molar-refractivity contribution in [2.24, 2.45) is 0 Å². The lowest BCUT2D eigenvalue weighted by molar-refractivity contribution is 0.467. The molecule has 0 unspecified atom stereocenters. The highest BCUT2D eigenvalue weighted by molar-refractivity contribution is 6.58. The van der Waals surface area contributed by atoms with Gasteiger partial charge in [0, 0.05) is 11.9 Å². The summed E-state index contributed by atoms with van der Waals surface area (Å²) < 4.78 is 47.8. The molecule has 6 heteroatoms. The molecule has 0 saturated carbocycles. The zero-order chi connectivity index (χ0) is 9.90. The van der Waals surface area contributed by atoms with Gasteiger partial charge in [0.2, 0.25) is 0 Å². The second kappa shape index (κ2) is 3.76. The Bertz CT molecular complexity index is 286. The van der Waals surface area contributed by atoms with Crippen molar-refractivity contribution in [1.29, 1.82) is 0 Å². The number of pyridine rings is 1. The van der Waals surface area contributed by atoms with Gasteiger partial charge < -0.3 is 12.9 Å². The Morgan fingerprint density at radius 3 is 2.54 bits per heavy atom. The van der Waals surface area contributed by atoms with Gasteiger partial charge in [-0.15, -0.1) is 0 Å². The summed E-state index contributed by atoms with van der Waals surface area (Å²) in [7, 11) is 0. The van der Waals surface area contributed by atoms with Crippen molar-refractivity contribution >= 4 is 6.98 Å². The summed E-state index contributed by atoms with van der Waals surface area (Å²) in [6.45, 7) is -4.80. The standard InChI is InChI=1S/C7H7BF4N/c9-6-2-4-13-7(5-6)1-3-8(10,11)12/h2,4-5H,1,3H2/q-1. The van der Waals surface area contributed by atoms with Gasteiger partial charge in [0.1, 0.15) is 5.82 Å². The number of nitrogens with zero attached hydrogens (tertiary/aromatic N) is 1. The summed E-state index contributed by atoms with van der Waals surface area (Å²) in [6, 6.07) is 2.12. The topological polar surface area (TPSA) is 12.9 Å². The number of rotatable bonds is 3. The first-order valence-electron chi connectivity index (χ1n) is 3.79. The lowest BCUT2D eigenvalue weighted by Crippen LogP contribution is -2.15. The third-order valence-corrected chi connectivity index (χ3v) is 1.51. The number of hydrogen-bond donors (Lipinski definition) is 0. The molecule has 0 atom stereocenters. The predicted molar refractivity (Wildman–Crippen MR) is 41.8 cm³/mol. The van der Waals surface area contributed by atoms with E-state index in [1.165, 1.54) is 0 Å². The molecule has 0 fully saturated rings. The first-order chi connectivity index (χ1) is 5.97. The van der Waals surface area contributed by atoms with Crippen LogP contribution < -0.4 is 0 Å². The van der Waals surface area contributed by atoms with Crippen LogP contribution in [0.3, 0.4) is 0 Å². The Labute approximate surface area is 72.8 Å². The Morgan fingerprint density at radius 1 is 1.31 bits per heavy atom. The predicted octanol–water partition coefficient (Wildman–Crippen LogP) is 2.61. The fraction of sp³-hybridized carbons (Fsp3) is 0.286. The van der Waals surface area contributed by atoms with E-state index in [9.17, 15) is 17.3 Å². The van der Waals surface area contributed by atoms with Crippen molar-refractivity contribution in [3.8, 4) is 0 Å². The largest absolute Gasteiger partial charge is 0.478 e. The average Bonchev–Trinajstić information content (AvgIpc) is 2.00. The average molecular weight is 192 g/mol. The van der Waals surface area contributed by atoms with Gasteiger partial charge in [-0.2, -0.15) is 0 Å². The van der Waals surface area contributed by atoms with Crippen LogP contribution in [0, 0.1) is 5.82 Å². The van der Waals surface area contributed by atoms with E-state index < -0.39 is 19.1 Å². The van der Waals surface area contributed by atoms with Crippen LogP contribution in [0.1, 0.15) is 5.69 Å². The van der Waals surface area contributed by atoms with Gasteiger partial charge in [-0.25, -0.2) is 4.39 Å². The molecule has 0 aliphatic carbocycles. The molecule has 0 saturated heterocycles. The second-order valence-corrected chi connectivity index (χ2v) is 2.71. The molecular weight excluding hydrogens is 185 g/mol. The van der Waals surface area contributed by atoms with Gasteiger partial charge >= 0.3 is 6.98 Å². The molecule has 0 aliphatic heterocycles. The van der Waals surface area contributed by atoms with Crippen LogP contribution >= 0.6 is 0 Å². The molecule has 0 aromatic carbocycles. The molecule has 13 heavy (non-hydrogen) atoms. The van der Waals surface area contributed by atoms with Gasteiger partial charge in [-0.1, -0.05) is 6.32 Å². The van der Waals surface area contributed by atoms with E-state index in [4.69, 9.17) is 0 Å². The van der Waals surface area contributed by atoms with Crippen LogP contribution in [-0.4, -0.2) is 12.0 Å². The fourth-order valence-corrected chi connectivity index (χ4v) is 0.897. The molecule has 72 valence electrons. The molecule has 0 N–H and O–H groups in total. The number of aryl methyl sites for hydroxylation is 1. The quantitative estimate of drug-likeness (QED) is 0.529. The number of halogens is 4. The van der Waals surface area contributed by atoms with Crippen molar-refractivity contribution in [3.63, 3.8) is 0 Å². The second-order valence-electron chi connectivity index (χ2n) is 2.71. The summed E-state index contributed by atoms with van der Waals surface area (Å²) in [5, 5.41) is 0. The minimum Gasteiger partial charge on any atom is -0.449 e.